The van der Waals surface area contributed by atoms with Gasteiger partial charge < -0.3 is 10.6 Å². The molecule has 4 aromatic rings. The van der Waals surface area contributed by atoms with E-state index in [2.05, 4.69) is 98.5 Å². The number of rotatable bonds is 8. The van der Waals surface area contributed by atoms with Crippen LogP contribution in [0.2, 0.25) is 0 Å². The van der Waals surface area contributed by atoms with Gasteiger partial charge in [0.1, 0.15) is 12.7 Å². The van der Waals surface area contributed by atoms with E-state index >= 15 is 0 Å². The predicted molar refractivity (Wildman–Crippen MR) is 129 cm³/mol. The third-order valence-corrected chi connectivity index (χ3v) is 5.43. The van der Waals surface area contributed by atoms with Gasteiger partial charge in [0.05, 0.1) is 5.69 Å². The van der Waals surface area contributed by atoms with Crippen molar-refractivity contribution < 1.29 is 0 Å². The Morgan fingerprint density at radius 2 is 1.53 bits per heavy atom. The maximum atomic E-state index is 4.38. The summed E-state index contributed by atoms with van der Waals surface area (Å²) in [5, 5.41) is 11.0. The lowest BCUT2D eigenvalue weighted by Gasteiger charge is -2.19. The van der Waals surface area contributed by atoms with Crippen molar-refractivity contribution in [3.05, 3.63) is 114 Å². The molecule has 6 nitrogen and oxygen atoms in total. The summed E-state index contributed by atoms with van der Waals surface area (Å²) in [4.78, 5) is 8.36. The maximum absolute atomic E-state index is 4.38. The average Bonchev–Trinajstić information content (AvgIpc) is 3.40. The van der Waals surface area contributed by atoms with E-state index in [1.807, 2.05) is 12.1 Å². The van der Waals surface area contributed by atoms with Crippen LogP contribution in [0.25, 0.3) is 5.69 Å². The second-order valence-corrected chi connectivity index (χ2v) is 7.52. The molecule has 2 N–H and O–H groups in total. The Hall–Kier alpha value is -3.93. The second-order valence-electron chi connectivity index (χ2n) is 7.52. The molecule has 0 bridgehead atoms. The van der Waals surface area contributed by atoms with Crippen molar-refractivity contribution in [3.8, 4) is 5.69 Å². The summed E-state index contributed by atoms with van der Waals surface area (Å²) in [5.41, 5.74) is 4.82. The highest BCUT2D eigenvalue weighted by Gasteiger charge is 2.13. The third-order valence-electron chi connectivity index (χ3n) is 5.43. The lowest BCUT2D eigenvalue weighted by molar-refractivity contribution is 0.678. The van der Waals surface area contributed by atoms with Crippen molar-refractivity contribution in [2.45, 2.75) is 18.9 Å². The Balaban J connectivity index is 1.31. The summed E-state index contributed by atoms with van der Waals surface area (Å²) in [6, 6.07) is 29.6. The smallest absolute Gasteiger partial charge is 0.191 e. The Labute approximate surface area is 189 Å². The molecule has 0 spiro atoms. The molecule has 0 saturated carbocycles. The molecule has 4 rings (SSSR count). The maximum Gasteiger partial charge on any atom is 0.191 e. The van der Waals surface area contributed by atoms with Crippen LogP contribution < -0.4 is 10.6 Å². The van der Waals surface area contributed by atoms with Crippen molar-refractivity contribution in [2.24, 2.45) is 4.99 Å². The number of hydrogen-bond donors (Lipinski definition) is 2. The molecule has 0 atom stereocenters. The average molecular weight is 425 g/mol. The lowest BCUT2D eigenvalue weighted by Crippen LogP contribution is -2.37. The normalized spacial score (nSPS) is 11.5. The van der Waals surface area contributed by atoms with Gasteiger partial charge in [0.2, 0.25) is 0 Å². The number of benzene rings is 3. The molecule has 0 aliphatic carbocycles. The first kappa shape index (κ1) is 21.3. The van der Waals surface area contributed by atoms with Gasteiger partial charge >= 0.3 is 0 Å². The predicted octanol–water partition coefficient (Wildman–Crippen LogP) is 4.15. The first-order valence-electron chi connectivity index (χ1n) is 10.8. The third kappa shape index (κ3) is 5.60. The van der Waals surface area contributed by atoms with Crippen LogP contribution in [0.3, 0.4) is 0 Å². The highest BCUT2D eigenvalue weighted by Crippen LogP contribution is 2.27. The van der Waals surface area contributed by atoms with E-state index in [1.54, 1.807) is 18.1 Å². The van der Waals surface area contributed by atoms with Crippen LogP contribution in [0.4, 0.5) is 0 Å². The van der Waals surface area contributed by atoms with E-state index in [-0.39, 0.29) is 0 Å². The van der Waals surface area contributed by atoms with Gasteiger partial charge in [-0.15, -0.1) is 0 Å². The van der Waals surface area contributed by atoms with Crippen LogP contribution in [0.15, 0.2) is 103 Å². The Morgan fingerprint density at radius 1 is 0.875 bits per heavy atom. The van der Waals surface area contributed by atoms with Gasteiger partial charge in [-0.3, -0.25) is 4.99 Å². The molecule has 0 aliphatic heterocycles. The molecule has 32 heavy (non-hydrogen) atoms. The summed E-state index contributed by atoms with van der Waals surface area (Å²) < 4.78 is 1.74. The molecule has 0 amide bonds. The molecule has 162 valence electrons. The van der Waals surface area contributed by atoms with Crippen LogP contribution in [-0.2, 0) is 6.54 Å². The molecule has 1 aromatic heterocycles. The van der Waals surface area contributed by atoms with Gasteiger partial charge in [-0.2, -0.15) is 5.10 Å². The van der Waals surface area contributed by atoms with Gasteiger partial charge in [-0.25, -0.2) is 9.67 Å². The Kier molecular flexibility index (Phi) is 7.26. The molecule has 0 radical (unpaired) electrons. The molecular formula is C26H28N6. The molecule has 3 aromatic carbocycles. The molecule has 0 aliphatic rings. The summed E-state index contributed by atoms with van der Waals surface area (Å²) in [6.45, 7) is 1.51. The topological polar surface area (TPSA) is 67.1 Å². The van der Waals surface area contributed by atoms with E-state index in [0.717, 1.165) is 24.6 Å². The largest absolute Gasteiger partial charge is 0.356 e. The number of aromatic nitrogens is 3. The lowest BCUT2D eigenvalue weighted by atomic mass is 9.88. The number of hydrogen-bond acceptors (Lipinski definition) is 3. The minimum absolute atomic E-state index is 0.340. The number of aliphatic imine (C=N–C) groups is 1. The minimum Gasteiger partial charge on any atom is -0.356 e. The fraction of sp³-hybridized carbons (Fsp3) is 0.192. The molecule has 0 fully saturated rings. The van der Waals surface area contributed by atoms with Crippen LogP contribution in [-0.4, -0.2) is 34.3 Å². The van der Waals surface area contributed by atoms with Gasteiger partial charge in [0.25, 0.3) is 0 Å². The highest BCUT2D eigenvalue weighted by atomic mass is 15.3. The Bertz CT molecular complexity index is 1050. The SMILES string of the molecule is CN=C(NCCC(c1ccccc1)c1ccccc1)NCc1ccc(-n2cncn2)cc1. The number of nitrogens with zero attached hydrogens (tertiary/aromatic N) is 4. The highest BCUT2D eigenvalue weighted by molar-refractivity contribution is 5.79. The van der Waals surface area contributed by atoms with Crippen molar-refractivity contribution in [1.82, 2.24) is 25.4 Å². The van der Waals surface area contributed by atoms with Crippen molar-refractivity contribution in [2.75, 3.05) is 13.6 Å². The molecule has 1 heterocycles. The molecule has 6 heteroatoms. The van der Waals surface area contributed by atoms with Crippen molar-refractivity contribution in [3.63, 3.8) is 0 Å². The summed E-state index contributed by atoms with van der Waals surface area (Å²) in [7, 11) is 1.80. The standard InChI is InChI=1S/C26H28N6/c1-27-26(30-18-21-12-14-24(15-13-21)32-20-28-19-31-32)29-17-16-25(22-8-4-2-5-9-22)23-10-6-3-7-11-23/h2-15,19-20,25H,16-18H2,1H3,(H2,27,29,30). The zero-order chi connectivity index (χ0) is 22.0. The van der Waals surface area contributed by atoms with E-state index in [1.165, 1.54) is 23.0 Å². The quantitative estimate of drug-likeness (QED) is 0.329. The first-order valence-corrected chi connectivity index (χ1v) is 10.8. The number of guanidine groups is 1. The molecule has 0 saturated heterocycles. The molecular weight excluding hydrogens is 396 g/mol. The molecule has 0 unspecified atom stereocenters. The van der Waals surface area contributed by atoms with E-state index in [9.17, 15) is 0 Å². The van der Waals surface area contributed by atoms with Gasteiger partial charge in [-0.05, 0) is 35.2 Å². The monoisotopic (exact) mass is 424 g/mol. The summed E-state index contributed by atoms with van der Waals surface area (Å²) in [6.07, 6.45) is 4.20. The summed E-state index contributed by atoms with van der Waals surface area (Å²) in [5.74, 6) is 1.14. The summed E-state index contributed by atoms with van der Waals surface area (Å²) >= 11 is 0. The van der Waals surface area contributed by atoms with Gasteiger partial charge in [0, 0.05) is 26.1 Å². The van der Waals surface area contributed by atoms with Crippen LogP contribution in [0.5, 0.6) is 0 Å². The Morgan fingerprint density at radius 3 is 2.09 bits per heavy atom. The van der Waals surface area contributed by atoms with Crippen molar-refractivity contribution in [1.29, 1.82) is 0 Å². The zero-order valence-electron chi connectivity index (χ0n) is 18.2. The number of nitrogens with one attached hydrogen (secondary N) is 2. The second kappa shape index (κ2) is 10.9. The minimum atomic E-state index is 0.340. The van der Waals surface area contributed by atoms with E-state index in [0.29, 0.717) is 12.5 Å². The fourth-order valence-corrected chi connectivity index (χ4v) is 3.75. The first-order chi connectivity index (χ1) is 15.8. The van der Waals surface area contributed by atoms with Gasteiger partial charge in [0.15, 0.2) is 5.96 Å². The van der Waals surface area contributed by atoms with E-state index in [4.69, 9.17) is 0 Å². The fourth-order valence-electron chi connectivity index (χ4n) is 3.75. The van der Waals surface area contributed by atoms with Crippen molar-refractivity contribution >= 4 is 5.96 Å². The van der Waals surface area contributed by atoms with Crippen LogP contribution >= 0.6 is 0 Å². The van der Waals surface area contributed by atoms with Gasteiger partial charge in [-0.1, -0.05) is 72.8 Å². The zero-order valence-corrected chi connectivity index (χ0v) is 18.2. The van der Waals surface area contributed by atoms with Crippen LogP contribution in [0.1, 0.15) is 29.0 Å². The van der Waals surface area contributed by atoms with Crippen LogP contribution in [0, 0.1) is 0 Å². The van der Waals surface area contributed by atoms with E-state index < -0.39 is 0 Å².